The van der Waals surface area contributed by atoms with E-state index in [-0.39, 0.29) is 17.3 Å². The van der Waals surface area contributed by atoms with Gasteiger partial charge in [0.15, 0.2) is 0 Å². The first-order chi connectivity index (χ1) is 9.47. The molecule has 4 N–H and O–H groups in total. The normalized spacial score (nSPS) is 19.6. The standard InChI is InChI=1S/C12H17N3O4S/c13-20(17,18)10-3-1-2-9(6-10)7-15-12(16)11-8-14-4-5-19-11/h1-3,6,11,14H,4-5,7-8H2,(H,15,16)(H2,13,17,18). The summed E-state index contributed by atoms with van der Waals surface area (Å²) < 4.78 is 27.8. The van der Waals surface area contributed by atoms with Gasteiger partial charge < -0.3 is 15.4 Å². The number of rotatable bonds is 4. The summed E-state index contributed by atoms with van der Waals surface area (Å²) in [5.41, 5.74) is 0.661. The summed E-state index contributed by atoms with van der Waals surface area (Å²) in [4.78, 5) is 11.9. The minimum Gasteiger partial charge on any atom is -0.366 e. The summed E-state index contributed by atoms with van der Waals surface area (Å²) in [6.07, 6.45) is -0.509. The van der Waals surface area contributed by atoms with Crippen LogP contribution in [0.1, 0.15) is 5.56 Å². The van der Waals surface area contributed by atoms with Gasteiger partial charge in [-0.3, -0.25) is 4.79 Å². The minimum absolute atomic E-state index is 0.0276. The highest BCUT2D eigenvalue weighted by Gasteiger charge is 2.21. The van der Waals surface area contributed by atoms with E-state index in [1.54, 1.807) is 12.1 Å². The molecule has 1 aromatic rings. The highest BCUT2D eigenvalue weighted by Crippen LogP contribution is 2.09. The number of carbonyl (C=O) groups excluding carboxylic acids is 1. The van der Waals surface area contributed by atoms with Gasteiger partial charge in [-0.05, 0) is 17.7 Å². The van der Waals surface area contributed by atoms with Crippen molar-refractivity contribution >= 4 is 15.9 Å². The maximum Gasteiger partial charge on any atom is 0.250 e. The van der Waals surface area contributed by atoms with E-state index in [1.165, 1.54) is 12.1 Å². The first-order valence-corrected chi connectivity index (χ1v) is 7.73. The Morgan fingerprint density at radius 2 is 2.30 bits per heavy atom. The molecule has 1 fully saturated rings. The van der Waals surface area contributed by atoms with Crippen LogP contribution in [0.15, 0.2) is 29.2 Å². The van der Waals surface area contributed by atoms with Crippen molar-refractivity contribution in [1.29, 1.82) is 0 Å². The fourth-order valence-electron chi connectivity index (χ4n) is 1.87. The molecule has 0 aromatic heterocycles. The second-order valence-electron chi connectivity index (χ2n) is 4.47. The molecule has 0 bridgehead atoms. The van der Waals surface area contributed by atoms with Gasteiger partial charge in [0.05, 0.1) is 11.5 Å². The van der Waals surface area contributed by atoms with Crippen molar-refractivity contribution in [2.75, 3.05) is 19.7 Å². The Labute approximate surface area is 117 Å². The van der Waals surface area contributed by atoms with Gasteiger partial charge in [-0.25, -0.2) is 13.6 Å². The molecule has 0 radical (unpaired) electrons. The fourth-order valence-corrected chi connectivity index (χ4v) is 2.45. The Morgan fingerprint density at radius 3 is 2.95 bits per heavy atom. The molecular formula is C12H17N3O4S. The SMILES string of the molecule is NS(=O)(=O)c1cccc(CNC(=O)C2CNCCO2)c1. The van der Waals surface area contributed by atoms with E-state index in [1.807, 2.05) is 0 Å². The zero-order chi connectivity index (χ0) is 14.6. The summed E-state index contributed by atoms with van der Waals surface area (Å²) >= 11 is 0. The second-order valence-corrected chi connectivity index (χ2v) is 6.04. The van der Waals surface area contributed by atoms with Gasteiger partial charge in [0.2, 0.25) is 10.0 Å². The van der Waals surface area contributed by atoms with Crippen molar-refractivity contribution in [1.82, 2.24) is 10.6 Å². The average Bonchev–Trinajstić information content (AvgIpc) is 2.45. The van der Waals surface area contributed by atoms with Gasteiger partial charge in [0, 0.05) is 19.6 Å². The molecule has 20 heavy (non-hydrogen) atoms. The Morgan fingerprint density at radius 1 is 1.50 bits per heavy atom. The number of amides is 1. The number of nitrogens with two attached hydrogens (primary N) is 1. The summed E-state index contributed by atoms with van der Waals surface area (Å²) in [7, 11) is -3.73. The molecule has 1 aromatic carbocycles. The molecule has 1 aliphatic rings. The topological polar surface area (TPSA) is 111 Å². The number of sulfonamides is 1. The van der Waals surface area contributed by atoms with E-state index in [0.29, 0.717) is 18.7 Å². The van der Waals surface area contributed by atoms with Crippen LogP contribution >= 0.6 is 0 Å². The van der Waals surface area contributed by atoms with Gasteiger partial charge in [-0.2, -0.15) is 0 Å². The lowest BCUT2D eigenvalue weighted by atomic mass is 10.2. The summed E-state index contributed by atoms with van der Waals surface area (Å²) in [6.45, 7) is 1.93. The van der Waals surface area contributed by atoms with E-state index in [4.69, 9.17) is 9.88 Å². The molecule has 8 heteroatoms. The van der Waals surface area contributed by atoms with Gasteiger partial charge in [-0.1, -0.05) is 12.1 Å². The third kappa shape index (κ3) is 4.01. The Balaban J connectivity index is 1.95. The Hall–Kier alpha value is -1.48. The van der Waals surface area contributed by atoms with Gasteiger partial charge in [0.25, 0.3) is 5.91 Å². The van der Waals surface area contributed by atoms with Crippen LogP contribution in [0, 0.1) is 0 Å². The maximum atomic E-state index is 11.8. The van der Waals surface area contributed by atoms with Crippen molar-refractivity contribution in [3.05, 3.63) is 29.8 Å². The van der Waals surface area contributed by atoms with Crippen LogP contribution < -0.4 is 15.8 Å². The average molecular weight is 299 g/mol. The van der Waals surface area contributed by atoms with Gasteiger partial charge in [-0.15, -0.1) is 0 Å². The lowest BCUT2D eigenvalue weighted by molar-refractivity contribution is -0.134. The van der Waals surface area contributed by atoms with Crippen LogP contribution in [0.3, 0.4) is 0 Å². The van der Waals surface area contributed by atoms with Crippen molar-refractivity contribution in [2.45, 2.75) is 17.5 Å². The predicted octanol–water partition coefficient (Wildman–Crippen LogP) is -1.06. The third-order valence-corrected chi connectivity index (χ3v) is 3.82. The van der Waals surface area contributed by atoms with Crippen LogP contribution in [-0.4, -0.2) is 40.1 Å². The van der Waals surface area contributed by atoms with E-state index >= 15 is 0 Å². The molecule has 0 aliphatic carbocycles. The number of hydrogen-bond donors (Lipinski definition) is 3. The Bertz CT molecular complexity index is 582. The third-order valence-electron chi connectivity index (χ3n) is 2.91. The summed E-state index contributed by atoms with van der Waals surface area (Å²) in [5.74, 6) is -0.224. The van der Waals surface area contributed by atoms with Gasteiger partial charge in [0.1, 0.15) is 6.10 Å². The quantitative estimate of drug-likeness (QED) is 0.656. The summed E-state index contributed by atoms with van der Waals surface area (Å²) in [5, 5.41) is 10.8. The van der Waals surface area contributed by atoms with Crippen molar-refractivity contribution in [2.24, 2.45) is 5.14 Å². The van der Waals surface area contributed by atoms with Crippen molar-refractivity contribution < 1.29 is 17.9 Å². The predicted molar refractivity (Wildman–Crippen MR) is 72.3 cm³/mol. The van der Waals surface area contributed by atoms with Crippen LogP contribution in [0.5, 0.6) is 0 Å². The molecule has 1 aliphatic heterocycles. The number of morpholine rings is 1. The number of hydrogen-bond acceptors (Lipinski definition) is 5. The molecule has 0 saturated carbocycles. The number of primary sulfonamides is 1. The second kappa shape index (κ2) is 6.31. The molecule has 1 saturated heterocycles. The van der Waals surface area contributed by atoms with E-state index < -0.39 is 16.1 Å². The number of carbonyl (C=O) groups is 1. The van der Waals surface area contributed by atoms with Crippen LogP contribution in [-0.2, 0) is 26.1 Å². The largest absolute Gasteiger partial charge is 0.366 e. The monoisotopic (exact) mass is 299 g/mol. The van der Waals surface area contributed by atoms with Crippen molar-refractivity contribution in [3.63, 3.8) is 0 Å². The molecule has 0 spiro atoms. The molecule has 1 unspecified atom stereocenters. The fraction of sp³-hybridized carbons (Fsp3) is 0.417. The lowest BCUT2D eigenvalue weighted by Crippen LogP contribution is -2.47. The highest BCUT2D eigenvalue weighted by molar-refractivity contribution is 7.89. The number of ether oxygens (including phenoxy) is 1. The maximum absolute atomic E-state index is 11.8. The first-order valence-electron chi connectivity index (χ1n) is 6.18. The highest BCUT2D eigenvalue weighted by atomic mass is 32.2. The lowest BCUT2D eigenvalue weighted by Gasteiger charge is -2.22. The molecular weight excluding hydrogens is 282 g/mol. The minimum atomic E-state index is -3.73. The number of nitrogens with one attached hydrogen (secondary N) is 2. The van der Waals surface area contributed by atoms with Crippen LogP contribution in [0.4, 0.5) is 0 Å². The van der Waals surface area contributed by atoms with E-state index in [2.05, 4.69) is 10.6 Å². The number of benzene rings is 1. The molecule has 1 atom stereocenters. The van der Waals surface area contributed by atoms with Gasteiger partial charge >= 0.3 is 0 Å². The first kappa shape index (κ1) is 14.9. The van der Waals surface area contributed by atoms with E-state index in [0.717, 1.165) is 6.54 Å². The molecule has 1 amide bonds. The molecule has 1 heterocycles. The smallest absolute Gasteiger partial charge is 0.250 e. The zero-order valence-electron chi connectivity index (χ0n) is 10.8. The summed E-state index contributed by atoms with van der Waals surface area (Å²) in [6, 6.07) is 6.15. The molecule has 2 rings (SSSR count). The van der Waals surface area contributed by atoms with Crippen molar-refractivity contribution in [3.8, 4) is 0 Å². The Kier molecular flexibility index (Phi) is 4.71. The molecule has 110 valence electrons. The molecule has 7 nitrogen and oxygen atoms in total. The van der Waals surface area contributed by atoms with Crippen LogP contribution in [0.2, 0.25) is 0 Å². The zero-order valence-corrected chi connectivity index (χ0v) is 11.7. The van der Waals surface area contributed by atoms with Crippen LogP contribution in [0.25, 0.3) is 0 Å². The van der Waals surface area contributed by atoms with E-state index in [9.17, 15) is 13.2 Å².